The highest BCUT2D eigenvalue weighted by Crippen LogP contribution is 2.33. The zero-order valence-electron chi connectivity index (χ0n) is 16.7. The molecule has 4 aromatic rings. The maximum absolute atomic E-state index is 14.0. The predicted molar refractivity (Wildman–Crippen MR) is 118 cm³/mol. The van der Waals surface area contributed by atoms with Crippen molar-refractivity contribution >= 4 is 11.3 Å². The molecule has 0 fully saturated rings. The number of thiophene rings is 1. The minimum absolute atomic E-state index is 0.192. The van der Waals surface area contributed by atoms with E-state index >= 15 is 0 Å². The lowest BCUT2D eigenvalue weighted by atomic mass is 10.1. The molecule has 152 valence electrons. The highest BCUT2D eigenvalue weighted by atomic mass is 32.1. The van der Waals surface area contributed by atoms with E-state index in [0.717, 1.165) is 16.0 Å². The maximum Gasteiger partial charge on any atom is 0.262 e. The van der Waals surface area contributed by atoms with Crippen molar-refractivity contribution in [3.8, 4) is 27.6 Å². The Kier molecular flexibility index (Phi) is 5.50. The molecule has 0 unspecified atom stereocenters. The zero-order chi connectivity index (χ0) is 21.3. The van der Waals surface area contributed by atoms with Gasteiger partial charge >= 0.3 is 0 Å². The van der Waals surface area contributed by atoms with Gasteiger partial charge in [0, 0.05) is 11.4 Å². The molecule has 2 heterocycles. The van der Waals surface area contributed by atoms with Crippen molar-refractivity contribution in [3.05, 3.63) is 93.0 Å². The minimum atomic E-state index is -0.743. The molecule has 6 heteroatoms. The Morgan fingerprint density at radius 3 is 2.53 bits per heavy atom. The lowest BCUT2D eigenvalue weighted by molar-refractivity contribution is 0.433. The van der Waals surface area contributed by atoms with Crippen molar-refractivity contribution < 1.29 is 9.50 Å². The quantitative estimate of drug-likeness (QED) is 0.474. The van der Waals surface area contributed by atoms with Crippen LogP contribution in [0.15, 0.2) is 64.8 Å². The highest BCUT2D eigenvalue weighted by Gasteiger charge is 2.21. The van der Waals surface area contributed by atoms with Crippen LogP contribution in [0.5, 0.6) is 5.75 Å². The van der Waals surface area contributed by atoms with Gasteiger partial charge in [-0.1, -0.05) is 36.4 Å². The number of hydrogen-bond donors (Lipinski definition) is 1. The molecule has 4 rings (SSSR count). The molecule has 0 aliphatic rings. The topological polar surface area (TPSA) is 55.1 Å². The second kappa shape index (κ2) is 8.24. The Morgan fingerprint density at radius 2 is 1.83 bits per heavy atom. The third-order valence-corrected chi connectivity index (χ3v) is 6.17. The summed E-state index contributed by atoms with van der Waals surface area (Å²) in [5, 5.41) is 12.3. The molecular formula is C24H21FN2O2S. The van der Waals surface area contributed by atoms with Crippen LogP contribution in [0, 0.1) is 19.7 Å². The third-order valence-electron chi connectivity index (χ3n) is 5.13. The van der Waals surface area contributed by atoms with Crippen LogP contribution >= 0.6 is 11.3 Å². The summed E-state index contributed by atoms with van der Waals surface area (Å²) in [6.45, 7) is 4.10. The van der Waals surface area contributed by atoms with E-state index < -0.39 is 11.6 Å². The van der Waals surface area contributed by atoms with Crippen molar-refractivity contribution in [1.82, 2.24) is 9.55 Å². The minimum Gasteiger partial charge on any atom is -0.504 e. The highest BCUT2D eigenvalue weighted by molar-refractivity contribution is 7.13. The Hall–Kier alpha value is -3.25. The number of phenols is 1. The van der Waals surface area contributed by atoms with Gasteiger partial charge < -0.3 is 5.11 Å². The first-order valence-corrected chi connectivity index (χ1v) is 10.5. The van der Waals surface area contributed by atoms with Crippen LogP contribution in [-0.4, -0.2) is 14.7 Å². The second-order valence-corrected chi connectivity index (χ2v) is 8.07. The van der Waals surface area contributed by atoms with Gasteiger partial charge in [0.15, 0.2) is 11.6 Å². The van der Waals surface area contributed by atoms with Crippen LogP contribution in [0.25, 0.3) is 21.8 Å². The van der Waals surface area contributed by atoms with Crippen LogP contribution in [0.3, 0.4) is 0 Å². The van der Waals surface area contributed by atoms with E-state index in [-0.39, 0.29) is 16.9 Å². The Bertz CT molecular complexity index is 1260. The van der Waals surface area contributed by atoms with Crippen LogP contribution in [0.4, 0.5) is 4.39 Å². The summed E-state index contributed by atoms with van der Waals surface area (Å²) in [5.74, 6) is -0.979. The fraction of sp³-hybridized carbons (Fsp3) is 0.167. The number of aromatic nitrogens is 2. The smallest absolute Gasteiger partial charge is 0.262 e. The van der Waals surface area contributed by atoms with E-state index in [1.165, 1.54) is 23.5 Å². The first kappa shape index (κ1) is 20.0. The lowest BCUT2D eigenvalue weighted by Crippen LogP contribution is -2.27. The molecule has 1 N–H and O–H groups in total. The molecule has 30 heavy (non-hydrogen) atoms. The number of aryl methyl sites for hydroxylation is 3. The molecule has 0 saturated carbocycles. The Balaban J connectivity index is 1.92. The van der Waals surface area contributed by atoms with Crippen molar-refractivity contribution in [2.75, 3.05) is 0 Å². The van der Waals surface area contributed by atoms with E-state index in [4.69, 9.17) is 0 Å². The first-order valence-electron chi connectivity index (χ1n) is 9.65. The maximum atomic E-state index is 14.0. The van der Waals surface area contributed by atoms with Gasteiger partial charge in [0.25, 0.3) is 5.56 Å². The SMILES string of the molecule is Cc1ccsc1-c1c(C)nc(-c2cccc(F)c2O)n(CCc2ccccc2)c1=O. The monoisotopic (exact) mass is 420 g/mol. The number of phenolic OH excluding ortho intramolecular Hbond substituents is 1. The summed E-state index contributed by atoms with van der Waals surface area (Å²) >= 11 is 1.50. The molecule has 0 aliphatic heterocycles. The number of para-hydroxylation sites is 1. The van der Waals surface area contributed by atoms with Crippen LogP contribution in [0.2, 0.25) is 0 Å². The predicted octanol–water partition coefficient (Wildman–Crippen LogP) is 5.34. The zero-order valence-corrected chi connectivity index (χ0v) is 17.5. The van der Waals surface area contributed by atoms with Gasteiger partial charge in [0.2, 0.25) is 0 Å². The molecule has 4 nitrogen and oxygen atoms in total. The number of hydrogen-bond acceptors (Lipinski definition) is 4. The van der Waals surface area contributed by atoms with Gasteiger partial charge in [-0.25, -0.2) is 9.37 Å². The third kappa shape index (κ3) is 3.66. The second-order valence-electron chi connectivity index (χ2n) is 7.16. The fourth-order valence-electron chi connectivity index (χ4n) is 3.55. The van der Waals surface area contributed by atoms with Crippen molar-refractivity contribution in [3.63, 3.8) is 0 Å². The molecule has 0 atom stereocenters. The summed E-state index contributed by atoms with van der Waals surface area (Å²) in [6, 6.07) is 16.1. The molecule has 2 aromatic heterocycles. The van der Waals surface area contributed by atoms with E-state index in [0.29, 0.717) is 24.2 Å². The standard InChI is InChI=1S/C24H21FN2O2S/c1-15-12-14-30-22(15)20-16(2)26-23(18-9-6-10-19(25)21(18)28)27(24(20)29)13-11-17-7-4-3-5-8-17/h3-10,12,14,28H,11,13H2,1-2H3. The number of halogens is 1. The van der Waals surface area contributed by atoms with E-state index in [9.17, 15) is 14.3 Å². The van der Waals surface area contributed by atoms with E-state index in [1.54, 1.807) is 17.6 Å². The van der Waals surface area contributed by atoms with E-state index in [2.05, 4.69) is 4.98 Å². The van der Waals surface area contributed by atoms with Crippen LogP contribution in [0.1, 0.15) is 16.8 Å². The van der Waals surface area contributed by atoms with Crippen molar-refractivity contribution in [2.24, 2.45) is 0 Å². The molecule has 2 aromatic carbocycles. The summed E-state index contributed by atoms with van der Waals surface area (Å²) in [4.78, 5) is 19.1. The molecule has 0 spiro atoms. The number of benzene rings is 2. The van der Waals surface area contributed by atoms with Crippen molar-refractivity contribution in [1.29, 1.82) is 0 Å². The van der Waals surface area contributed by atoms with Crippen LogP contribution < -0.4 is 5.56 Å². The number of aromatic hydroxyl groups is 1. The number of rotatable bonds is 5. The molecular weight excluding hydrogens is 399 g/mol. The van der Waals surface area contributed by atoms with Gasteiger partial charge in [-0.3, -0.25) is 9.36 Å². The molecule has 0 aliphatic carbocycles. The van der Waals surface area contributed by atoms with Gasteiger partial charge in [0.05, 0.1) is 16.8 Å². The normalized spacial score (nSPS) is 11.0. The Labute approximate surface area is 177 Å². The van der Waals surface area contributed by atoms with Gasteiger partial charge in [-0.05, 0) is 55.0 Å². The summed E-state index contributed by atoms with van der Waals surface area (Å²) in [5.41, 5.74) is 3.21. The molecule has 0 bridgehead atoms. The average Bonchev–Trinajstić information content (AvgIpc) is 3.15. The summed E-state index contributed by atoms with van der Waals surface area (Å²) < 4.78 is 15.6. The summed E-state index contributed by atoms with van der Waals surface area (Å²) in [7, 11) is 0. The largest absolute Gasteiger partial charge is 0.504 e. The molecule has 0 radical (unpaired) electrons. The van der Waals surface area contributed by atoms with Gasteiger partial charge in [-0.15, -0.1) is 11.3 Å². The summed E-state index contributed by atoms with van der Waals surface area (Å²) in [6.07, 6.45) is 0.609. The average molecular weight is 421 g/mol. The van der Waals surface area contributed by atoms with E-state index in [1.807, 2.05) is 48.7 Å². The van der Waals surface area contributed by atoms with Gasteiger partial charge in [-0.2, -0.15) is 0 Å². The molecule has 0 amide bonds. The Morgan fingerprint density at radius 1 is 1.07 bits per heavy atom. The molecule has 0 saturated heterocycles. The van der Waals surface area contributed by atoms with Crippen molar-refractivity contribution in [2.45, 2.75) is 26.8 Å². The number of nitrogens with zero attached hydrogens (tertiary/aromatic N) is 2. The lowest BCUT2D eigenvalue weighted by Gasteiger charge is -2.17. The first-order chi connectivity index (χ1) is 14.5. The van der Waals surface area contributed by atoms with Crippen LogP contribution in [-0.2, 0) is 13.0 Å². The van der Waals surface area contributed by atoms with Gasteiger partial charge in [0.1, 0.15) is 5.82 Å². The fourth-order valence-corrected chi connectivity index (χ4v) is 4.56.